The molecule has 13 heteroatoms. The van der Waals surface area contributed by atoms with Gasteiger partial charge in [-0.2, -0.15) is 13.2 Å². The van der Waals surface area contributed by atoms with Crippen molar-refractivity contribution in [3.63, 3.8) is 0 Å². The molecule has 2 aliphatic carbocycles. The average Bonchev–Trinajstić information content (AvgIpc) is 3.77. The van der Waals surface area contributed by atoms with E-state index >= 15 is 4.39 Å². The van der Waals surface area contributed by atoms with Crippen LogP contribution in [-0.2, 0) is 22.7 Å². The number of pyridine rings is 1. The normalized spacial score (nSPS) is 25.2. The fourth-order valence-corrected chi connectivity index (χ4v) is 7.47. The minimum Gasteiger partial charge on any atom is -0.473 e. The van der Waals surface area contributed by atoms with Crippen molar-refractivity contribution in [1.29, 1.82) is 0 Å². The highest BCUT2D eigenvalue weighted by Gasteiger charge is 2.43. The van der Waals surface area contributed by atoms with Crippen LogP contribution in [0, 0.1) is 5.82 Å². The Hall–Kier alpha value is -2.44. The monoisotopic (exact) mass is 601 g/mol. The largest absolute Gasteiger partial charge is 0.473 e. The fourth-order valence-electron chi connectivity index (χ4n) is 5.96. The van der Waals surface area contributed by atoms with Crippen molar-refractivity contribution in [2.75, 3.05) is 0 Å². The molecule has 7 nitrogen and oxygen atoms in total. The van der Waals surface area contributed by atoms with Gasteiger partial charge in [0.2, 0.25) is 15.9 Å². The van der Waals surface area contributed by atoms with Gasteiger partial charge in [0.25, 0.3) is 5.91 Å². The van der Waals surface area contributed by atoms with Crippen LogP contribution in [0.25, 0.3) is 0 Å². The lowest BCUT2D eigenvalue weighted by Gasteiger charge is -2.39. The summed E-state index contributed by atoms with van der Waals surface area (Å²) >= 11 is 6.04. The molecular weight excluding hydrogens is 574 g/mol. The van der Waals surface area contributed by atoms with E-state index in [1.807, 2.05) is 4.72 Å². The number of rotatable bonds is 8. The third-order valence-corrected chi connectivity index (χ3v) is 10.4. The molecule has 4 fully saturated rings. The van der Waals surface area contributed by atoms with E-state index in [1.54, 1.807) is 0 Å². The van der Waals surface area contributed by atoms with Gasteiger partial charge in [-0.05, 0) is 86.6 Å². The molecule has 0 spiro atoms. The highest BCUT2D eigenvalue weighted by molar-refractivity contribution is 7.91. The molecule has 40 heavy (non-hydrogen) atoms. The van der Waals surface area contributed by atoms with E-state index < -0.39 is 38.7 Å². The Balaban J connectivity index is 1.16. The second-order valence-corrected chi connectivity index (χ2v) is 13.6. The second-order valence-electron chi connectivity index (χ2n) is 11.3. The zero-order valence-electron chi connectivity index (χ0n) is 21.4. The minimum absolute atomic E-state index is 0.0248. The highest BCUT2D eigenvalue weighted by atomic mass is 35.5. The minimum atomic E-state index is -4.55. The molecule has 3 heterocycles. The summed E-state index contributed by atoms with van der Waals surface area (Å²) in [4.78, 5) is 18.8. The van der Waals surface area contributed by atoms with E-state index in [9.17, 15) is 26.4 Å². The maximum absolute atomic E-state index is 15.2. The van der Waals surface area contributed by atoms with E-state index in [1.165, 1.54) is 12.1 Å². The van der Waals surface area contributed by atoms with Crippen molar-refractivity contribution in [1.82, 2.24) is 14.6 Å². The van der Waals surface area contributed by atoms with E-state index in [2.05, 4.69) is 9.88 Å². The zero-order valence-corrected chi connectivity index (χ0v) is 23.0. The summed E-state index contributed by atoms with van der Waals surface area (Å²) in [5, 5.41) is -0.779. The molecule has 2 saturated heterocycles. The first kappa shape index (κ1) is 27.7. The predicted octanol–water partition coefficient (Wildman–Crippen LogP) is 5.57. The molecule has 0 radical (unpaired) electrons. The van der Waals surface area contributed by atoms with Gasteiger partial charge in [-0.1, -0.05) is 11.6 Å². The lowest BCUT2D eigenvalue weighted by atomic mass is 9.95. The van der Waals surface area contributed by atoms with Gasteiger partial charge in [0.15, 0.2) is 0 Å². The third kappa shape index (κ3) is 5.67. The summed E-state index contributed by atoms with van der Waals surface area (Å²) in [5.74, 6) is -1.51. The molecule has 1 unspecified atom stereocenters. The Morgan fingerprint density at radius 3 is 2.33 bits per heavy atom. The van der Waals surface area contributed by atoms with Crippen LogP contribution in [0.4, 0.5) is 17.6 Å². The number of piperidine rings is 1. The maximum atomic E-state index is 15.2. The first-order valence-electron chi connectivity index (χ1n) is 13.4. The van der Waals surface area contributed by atoms with E-state index in [0.717, 1.165) is 42.9 Å². The quantitative estimate of drug-likeness (QED) is 0.398. The molecule has 2 aromatic rings. The number of hydrogen-bond acceptors (Lipinski definition) is 6. The van der Waals surface area contributed by atoms with Crippen LogP contribution in [0.3, 0.4) is 0 Å². The van der Waals surface area contributed by atoms with Crippen LogP contribution in [0.15, 0.2) is 24.4 Å². The zero-order chi connectivity index (χ0) is 28.4. The van der Waals surface area contributed by atoms with E-state index in [0.29, 0.717) is 38.4 Å². The Morgan fingerprint density at radius 1 is 1.07 bits per heavy atom. The number of halogens is 5. The number of ether oxygens (including phenoxy) is 1. The number of aromatic nitrogens is 1. The summed E-state index contributed by atoms with van der Waals surface area (Å²) in [7, 11) is -3.80. The number of amides is 1. The van der Waals surface area contributed by atoms with Gasteiger partial charge in [0, 0.05) is 24.8 Å². The van der Waals surface area contributed by atoms with Gasteiger partial charge in [0.05, 0.1) is 16.4 Å². The SMILES string of the molecule is O=C(NS(=O)(=O)C1CC1)c1cc(C2CC2)c(CN2C3CC[C@H]2C[C@@H](Oc2ncc(C(F)(F)F)cc2Cl)C3)cc1F. The van der Waals surface area contributed by atoms with E-state index in [-0.39, 0.29) is 40.6 Å². The maximum Gasteiger partial charge on any atom is 0.417 e. The molecule has 1 aromatic carbocycles. The number of fused-ring (bicyclic) bond motifs is 2. The second kappa shape index (κ2) is 10.1. The summed E-state index contributed by atoms with van der Waals surface area (Å²) in [5.41, 5.74) is 0.455. The topological polar surface area (TPSA) is 88.6 Å². The van der Waals surface area contributed by atoms with Crippen molar-refractivity contribution in [2.24, 2.45) is 0 Å². The molecule has 2 bridgehead atoms. The Morgan fingerprint density at radius 2 is 1.75 bits per heavy atom. The first-order valence-corrected chi connectivity index (χ1v) is 15.3. The molecular formula is C27H28ClF4N3O4S. The third-order valence-electron chi connectivity index (χ3n) is 8.30. The van der Waals surface area contributed by atoms with Crippen LogP contribution >= 0.6 is 11.6 Å². The Bertz CT molecular complexity index is 1430. The molecule has 1 N–H and O–H groups in total. The Kier molecular flexibility index (Phi) is 7.02. The number of sulfonamides is 1. The van der Waals surface area contributed by atoms with Gasteiger partial charge in [0.1, 0.15) is 16.9 Å². The smallest absolute Gasteiger partial charge is 0.417 e. The molecule has 1 aromatic heterocycles. The fraction of sp³-hybridized carbons (Fsp3) is 0.556. The summed E-state index contributed by atoms with van der Waals surface area (Å²) in [6.07, 6.45) is 1.78. The van der Waals surface area contributed by atoms with Crippen molar-refractivity contribution in [3.05, 3.63) is 57.5 Å². The standard InChI is InChI=1S/C27H28ClF4N3O4S/c28-23-8-16(27(30,31)32)12-33-26(23)39-19-9-17-3-4-18(10-19)35(17)13-15-7-24(29)22(11-21(15)14-1-2-14)25(36)34-40(37,38)20-5-6-20/h7-8,11-12,14,17-20H,1-6,9-10,13H2,(H,34,36)/t17-,18?,19+/m0/s1. The summed E-state index contributed by atoms with van der Waals surface area (Å²) in [6, 6.07) is 3.93. The number of carbonyl (C=O) groups is 1. The number of carbonyl (C=O) groups excluding carboxylic acids is 1. The van der Waals surface area contributed by atoms with Crippen molar-refractivity contribution in [3.8, 4) is 5.88 Å². The average molecular weight is 602 g/mol. The molecule has 4 aliphatic rings. The lowest BCUT2D eigenvalue weighted by Crippen LogP contribution is -2.46. The molecule has 3 atom stereocenters. The van der Waals surface area contributed by atoms with Crippen LogP contribution in [0.2, 0.25) is 5.02 Å². The van der Waals surface area contributed by atoms with Crippen molar-refractivity contribution in [2.45, 2.75) is 93.4 Å². The Labute approximate surface area is 234 Å². The molecule has 216 valence electrons. The number of nitrogens with zero attached hydrogens (tertiary/aromatic N) is 2. The number of alkyl halides is 3. The van der Waals surface area contributed by atoms with Gasteiger partial charge in [-0.3, -0.25) is 9.69 Å². The number of benzene rings is 1. The van der Waals surface area contributed by atoms with Gasteiger partial charge < -0.3 is 4.74 Å². The van der Waals surface area contributed by atoms with Crippen LogP contribution in [-0.4, -0.2) is 47.6 Å². The van der Waals surface area contributed by atoms with Gasteiger partial charge in [-0.25, -0.2) is 22.5 Å². The summed E-state index contributed by atoms with van der Waals surface area (Å²) in [6.45, 7) is 0.479. The lowest BCUT2D eigenvalue weighted by molar-refractivity contribution is -0.137. The molecule has 2 saturated carbocycles. The van der Waals surface area contributed by atoms with Crippen LogP contribution < -0.4 is 9.46 Å². The molecule has 6 rings (SSSR count). The number of hydrogen-bond donors (Lipinski definition) is 1. The molecule has 2 aliphatic heterocycles. The van der Waals surface area contributed by atoms with Gasteiger partial charge in [-0.15, -0.1) is 0 Å². The summed E-state index contributed by atoms with van der Waals surface area (Å²) < 4.78 is 86.4. The van der Waals surface area contributed by atoms with Crippen LogP contribution in [0.1, 0.15) is 84.3 Å². The first-order chi connectivity index (χ1) is 18.9. The van der Waals surface area contributed by atoms with Crippen LogP contribution in [0.5, 0.6) is 5.88 Å². The highest BCUT2D eigenvalue weighted by Crippen LogP contribution is 2.45. The number of nitrogens with one attached hydrogen (secondary N) is 1. The van der Waals surface area contributed by atoms with Gasteiger partial charge >= 0.3 is 6.18 Å². The molecule has 1 amide bonds. The predicted molar refractivity (Wildman–Crippen MR) is 138 cm³/mol. The van der Waals surface area contributed by atoms with Crippen molar-refractivity contribution >= 4 is 27.5 Å². The van der Waals surface area contributed by atoms with Crippen molar-refractivity contribution < 1.29 is 35.5 Å². The van der Waals surface area contributed by atoms with E-state index in [4.69, 9.17) is 16.3 Å².